The number of carbonyl (C=O) groups excluding carboxylic acids is 1. The van der Waals surface area contributed by atoms with Crippen LogP contribution in [-0.2, 0) is 16.5 Å². The molecular weight excluding hydrogens is 628 g/mol. The van der Waals surface area contributed by atoms with Crippen molar-refractivity contribution in [3.8, 4) is 0 Å². The van der Waals surface area contributed by atoms with Gasteiger partial charge in [-0.25, -0.2) is 0 Å². The molecular formula is C16H20BrN4O2PSTl+. The van der Waals surface area contributed by atoms with Crippen molar-refractivity contribution in [2.75, 3.05) is 31.1 Å². The van der Waals surface area contributed by atoms with Crippen LogP contribution >= 0.6 is 19.9 Å². The number of pyridine rings is 1. The number of anilines is 1. The number of aromatic nitrogens is 2. The fourth-order valence-electron chi connectivity index (χ4n) is 2.83. The second-order valence-electron chi connectivity index (χ2n) is 7.10. The summed E-state index contributed by atoms with van der Waals surface area (Å²) in [5.74, 6) is 0.959. The molecule has 0 aliphatic carbocycles. The van der Waals surface area contributed by atoms with Crippen molar-refractivity contribution in [2.24, 2.45) is 0 Å². The maximum atomic E-state index is 12.2. The van der Waals surface area contributed by atoms with Crippen LogP contribution in [0.2, 0.25) is 0 Å². The molecule has 1 aliphatic rings. The van der Waals surface area contributed by atoms with E-state index in [9.17, 15) is 4.79 Å². The Balaban J connectivity index is 1.74. The van der Waals surface area contributed by atoms with E-state index in [4.69, 9.17) is 21.5 Å². The summed E-state index contributed by atoms with van der Waals surface area (Å²) in [4.78, 5) is 21.1. The molecule has 0 N–H and O–H groups in total. The van der Waals surface area contributed by atoms with Gasteiger partial charge in [-0.1, -0.05) is 0 Å². The minimum absolute atomic E-state index is 0.239. The number of hydrogen-bond donors (Lipinski definition) is 0. The molecule has 1 amide bonds. The number of halogens is 1. The van der Waals surface area contributed by atoms with E-state index in [2.05, 4.69) is 41.5 Å². The van der Waals surface area contributed by atoms with Gasteiger partial charge in [-0.05, 0) is 0 Å². The van der Waals surface area contributed by atoms with Gasteiger partial charge in [0.25, 0.3) is 0 Å². The number of rotatable bonds is 2. The molecule has 3 rings (SSSR count). The molecule has 0 aromatic carbocycles. The first-order valence-corrected chi connectivity index (χ1v) is 19.1. The third-order valence-electron chi connectivity index (χ3n) is 4.04. The van der Waals surface area contributed by atoms with E-state index in [-0.39, 0.29) is 6.09 Å². The zero-order valence-corrected chi connectivity index (χ0v) is 22.8. The number of carbonyl (C=O) groups is 1. The molecule has 136 valence electrons. The average Bonchev–Trinajstić information content (AvgIpc) is 2.89. The number of fused-ring (bicyclic) bond motifs is 1. The minimum atomic E-state index is -1.21. The fraction of sp³-hybridized carbons (Fsp3) is 0.500. The van der Waals surface area contributed by atoms with Crippen LogP contribution in [0.1, 0.15) is 20.8 Å². The van der Waals surface area contributed by atoms with Crippen LogP contribution in [0.15, 0.2) is 22.8 Å². The number of amides is 1. The molecule has 0 radical (unpaired) electrons. The summed E-state index contributed by atoms with van der Waals surface area (Å²) < 4.78 is 9.92. The Labute approximate surface area is 179 Å². The molecule has 2 aromatic heterocycles. The van der Waals surface area contributed by atoms with Crippen LogP contribution < -0.4 is 4.90 Å². The van der Waals surface area contributed by atoms with E-state index >= 15 is 0 Å². The first-order chi connectivity index (χ1) is 12.3. The van der Waals surface area contributed by atoms with E-state index in [0.29, 0.717) is 13.1 Å². The van der Waals surface area contributed by atoms with Gasteiger partial charge in [-0.2, -0.15) is 0 Å². The fourth-order valence-corrected chi connectivity index (χ4v) is 11.7. The Bertz CT molecular complexity index is 886. The van der Waals surface area contributed by atoms with E-state index in [1.165, 1.54) is 0 Å². The Morgan fingerprint density at radius 1 is 1.31 bits per heavy atom. The summed E-state index contributed by atoms with van der Waals surface area (Å²) in [5, 5.41) is 1.14. The molecule has 26 heavy (non-hydrogen) atoms. The molecule has 0 unspecified atom stereocenters. The average molecular weight is 648 g/mol. The van der Waals surface area contributed by atoms with Crippen LogP contribution in [0.5, 0.6) is 0 Å². The third-order valence-corrected chi connectivity index (χ3v) is 13.0. The van der Waals surface area contributed by atoms with Crippen molar-refractivity contribution in [3.05, 3.63) is 22.8 Å². The molecule has 3 heterocycles. The number of piperazine rings is 1. The predicted octanol–water partition coefficient (Wildman–Crippen LogP) is 3.65. The molecule has 0 atom stereocenters. The van der Waals surface area contributed by atoms with Gasteiger partial charge in [0.1, 0.15) is 0 Å². The van der Waals surface area contributed by atoms with Gasteiger partial charge in [0.05, 0.1) is 0 Å². The van der Waals surface area contributed by atoms with Crippen molar-refractivity contribution < 1.29 is 9.53 Å². The summed E-state index contributed by atoms with van der Waals surface area (Å²) in [6.45, 7) is 8.46. The summed E-state index contributed by atoms with van der Waals surface area (Å²) in [6, 6.07) is 4.17. The van der Waals surface area contributed by atoms with Crippen LogP contribution in [0.3, 0.4) is 0 Å². The number of nitrogens with zero attached hydrogens (tertiary/aromatic N) is 4. The normalized spacial score (nSPS) is 15.1. The van der Waals surface area contributed by atoms with Gasteiger partial charge in [-0.3, -0.25) is 0 Å². The molecule has 0 saturated carbocycles. The van der Waals surface area contributed by atoms with Crippen LogP contribution in [0.25, 0.3) is 11.0 Å². The SMILES string of the molecule is CC(C)(C)OC(=O)N1CCN(c2ccc3c(Br)c[n]([Tl]=[P+]=S)c3n2)CC1. The first kappa shape index (κ1) is 20.5. The standard InChI is InChI=1S/C16H20BrN4O2.PS.Tl/c1-16(2,3)23-15(22)21-8-6-20(7-9-21)13-5-4-11-12(17)10-18-14(11)19-13;1-2;/h4-5,10H,6-9H2,1-3H3;;/q2*-1;+3. The summed E-state index contributed by atoms with van der Waals surface area (Å²) in [6.07, 6.45) is 1.88. The van der Waals surface area contributed by atoms with Gasteiger partial charge in [-0.15, -0.1) is 0 Å². The van der Waals surface area contributed by atoms with Crippen molar-refractivity contribution in [3.63, 3.8) is 0 Å². The van der Waals surface area contributed by atoms with E-state index in [0.717, 1.165) is 38.4 Å². The Kier molecular flexibility index (Phi) is 6.67. The van der Waals surface area contributed by atoms with Gasteiger partial charge in [0.2, 0.25) is 0 Å². The Morgan fingerprint density at radius 3 is 2.62 bits per heavy atom. The molecule has 1 fully saturated rings. The Morgan fingerprint density at radius 2 is 2.00 bits per heavy atom. The molecule has 1 saturated heterocycles. The zero-order chi connectivity index (χ0) is 18.9. The van der Waals surface area contributed by atoms with E-state index < -0.39 is 29.0 Å². The van der Waals surface area contributed by atoms with Gasteiger partial charge in [0, 0.05) is 0 Å². The van der Waals surface area contributed by atoms with E-state index in [1.807, 2.05) is 20.8 Å². The summed E-state index contributed by atoms with van der Waals surface area (Å²) in [7, 11) is 0. The maximum absolute atomic E-state index is 12.2. The molecule has 1 aliphatic heterocycles. The van der Waals surface area contributed by atoms with E-state index in [1.54, 1.807) is 4.90 Å². The van der Waals surface area contributed by atoms with Crippen molar-refractivity contribution >= 4 is 78.1 Å². The van der Waals surface area contributed by atoms with Gasteiger partial charge in [0.15, 0.2) is 0 Å². The quantitative estimate of drug-likeness (QED) is 0.368. The summed E-state index contributed by atoms with van der Waals surface area (Å²) >= 11 is 7.59. The first-order valence-electron chi connectivity index (χ1n) is 8.34. The predicted molar refractivity (Wildman–Crippen MR) is 113 cm³/mol. The molecule has 10 heteroatoms. The number of ether oxygens (including phenoxy) is 1. The molecule has 2 aromatic rings. The van der Waals surface area contributed by atoms with Crippen LogP contribution in [-0.4, -0.2) is 73.5 Å². The third kappa shape index (κ3) is 4.80. The Hall–Kier alpha value is -0.188. The van der Waals surface area contributed by atoms with Crippen LogP contribution in [0, 0.1) is 0 Å². The number of hydrogen-bond acceptors (Lipinski definition) is 5. The second-order valence-corrected chi connectivity index (χ2v) is 21.3. The topological polar surface area (TPSA) is 50.6 Å². The molecule has 0 spiro atoms. The molecule has 6 nitrogen and oxygen atoms in total. The zero-order valence-electron chi connectivity index (χ0n) is 15.0. The van der Waals surface area contributed by atoms with Crippen molar-refractivity contribution in [1.29, 1.82) is 0 Å². The summed E-state index contributed by atoms with van der Waals surface area (Å²) in [5.41, 5.74) is 0.562. The molecule has 0 bridgehead atoms. The van der Waals surface area contributed by atoms with Crippen molar-refractivity contribution in [1.82, 2.24) is 12.3 Å². The second kappa shape index (κ2) is 8.45. The van der Waals surface area contributed by atoms with Crippen molar-refractivity contribution in [2.45, 2.75) is 26.4 Å². The monoisotopic (exact) mass is 647 g/mol. The van der Waals surface area contributed by atoms with Crippen LogP contribution in [0.4, 0.5) is 10.6 Å². The van der Waals surface area contributed by atoms with Gasteiger partial charge >= 0.3 is 180 Å². The van der Waals surface area contributed by atoms with Gasteiger partial charge < -0.3 is 0 Å².